The van der Waals surface area contributed by atoms with E-state index in [1.807, 2.05) is 11.8 Å². The fourth-order valence-electron chi connectivity index (χ4n) is 1.44. The van der Waals surface area contributed by atoms with E-state index in [4.69, 9.17) is 5.73 Å². The number of unbranched alkanes of at least 4 members (excludes halogenated alkanes) is 2. The van der Waals surface area contributed by atoms with E-state index in [9.17, 15) is 4.79 Å². The lowest BCUT2D eigenvalue weighted by molar-refractivity contribution is 0.0949. The average molecular weight is 256 g/mol. The fourth-order valence-corrected chi connectivity index (χ4v) is 1.94. The Bertz CT molecular complexity index is 364. The Morgan fingerprint density at radius 3 is 2.82 bits per heavy atom. The number of amides is 1. The van der Waals surface area contributed by atoms with Crippen molar-refractivity contribution in [2.24, 2.45) is 0 Å². The number of hydrogen-bond acceptors (Lipinski definition) is 4. The van der Waals surface area contributed by atoms with E-state index >= 15 is 0 Å². The Morgan fingerprint density at radius 1 is 1.47 bits per heavy atom. The molecule has 96 valence electrons. The lowest BCUT2D eigenvalue weighted by Crippen LogP contribution is -2.25. The van der Waals surface area contributed by atoms with Gasteiger partial charge in [0.2, 0.25) is 0 Å². The molecule has 0 radical (unpaired) electrons. The van der Waals surface area contributed by atoms with Gasteiger partial charge in [0.05, 0.1) is 11.4 Å². The molecule has 0 unspecified atom stereocenters. The lowest BCUT2D eigenvalue weighted by atomic mass is 10.2. The van der Waals surface area contributed by atoms with E-state index in [0.29, 0.717) is 17.9 Å². The Morgan fingerprint density at radius 2 is 2.24 bits per heavy atom. The van der Waals surface area contributed by atoms with Crippen molar-refractivity contribution in [1.29, 1.82) is 0 Å². The van der Waals surface area contributed by atoms with Gasteiger partial charge in [-0.1, -0.05) is 6.42 Å². The molecule has 1 rings (SSSR count). The Balaban J connectivity index is 2.24. The normalized spacial score (nSPS) is 10.5. The number of nitrogens with one attached hydrogen (secondary N) is 2. The van der Waals surface area contributed by atoms with Gasteiger partial charge in [0, 0.05) is 6.54 Å². The molecule has 0 aromatic carbocycles. The zero-order valence-electron chi connectivity index (χ0n) is 10.4. The molecule has 0 spiro atoms. The van der Waals surface area contributed by atoms with Gasteiger partial charge in [-0.05, 0) is 31.8 Å². The number of aryl methyl sites for hydroxylation is 1. The third-order valence-corrected chi connectivity index (χ3v) is 3.22. The first-order valence-corrected chi connectivity index (χ1v) is 7.13. The highest BCUT2D eigenvalue weighted by molar-refractivity contribution is 7.98. The van der Waals surface area contributed by atoms with E-state index in [2.05, 4.69) is 21.8 Å². The number of rotatable bonds is 7. The monoisotopic (exact) mass is 256 g/mol. The van der Waals surface area contributed by atoms with Gasteiger partial charge in [-0.15, -0.1) is 0 Å². The van der Waals surface area contributed by atoms with Gasteiger partial charge < -0.3 is 11.1 Å². The lowest BCUT2D eigenvalue weighted by Gasteiger charge is -2.03. The van der Waals surface area contributed by atoms with E-state index < -0.39 is 0 Å². The second kappa shape index (κ2) is 7.21. The first-order valence-electron chi connectivity index (χ1n) is 5.74. The van der Waals surface area contributed by atoms with Crippen molar-refractivity contribution in [1.82, 2.24) is 15.5 Å². The molecule has 1 amide bonds. The van der Waals surface area contributed by atoms with Crippen molar-refractivity contribution in [3.8, 4) is 0 Å². The molecule has 0 fully saturated rings. The summed E-state index contributed by atoms with van der Waals surface area (Å²) in [6, 6.07) is 0. The molecular weight excluding hydrogens is 236 g/mol. The van der Waals surface area contributed by atoms with Crippen molar-refractivity contribution < 1.29 is 4.79 Å². The second-order valence-corrected chi connectivity index (χ2v) is 4.91. The van der Waals surface area contributed by atoms with Crippen LogP contribution in [0.4, 0.5) is 5.69 Å². The minimum atomic E-state index is -0.197. The molecule has 0 aliphatic carbocycles. The summed E-state index contributed by atoms with van der Waals surface area (Å²) in [5.74, 6) is 0.983. The van der Waals surface area contributed by atoms with Crippen LogP contribution in [0.3, 0.4) is 0 Å². The number of thioether (sulfide) groups is 1. The molecule has 6 heteroatoms. The zero-order chi connectivity index (χ0) is 12.7. The number of H-pyrrole nitrogens is 1. The molecule has 0 atom stereocenters. The topological polar surface area (TPSA) is 83.8 Å². The minimum absolute atomic E-state index is 0.197. The van der Waals surface area contributed by atoms with Crippen LogP contribution in [-0.2, 0) is 0 Å². The van der Waals surface area contributed by atoms with Crippen LogP contribution >= 0.6 is 11.8 Å². The van der Waals surface area contributed by atoms with Gasteiger partial charge in [-0.3, -0.25) is 9.89 Å². The number of aromatic amines is 1. The van der Waals surface area contributed by atoms with Crippen molar-refractivity contribution >= 4 is 23.4 Å². The van der Waals surface area contributed by atoms with E-state index in [1.54, 1.807) is 6.92 Å². The van der Waals surface area contributed by atoms with Crippen molar-refractivity contribution in [3.05, 3.63) is 11.4 Å². The number of carbonyl (C=O) groups excluding carboxylic acids is 1. The van der Waals surface area contributed by atoms with Crippen LogP contribution in [-0.4, -0.2) is 34.7 Å². The summed E-state index contributed by atoms with van der Waals surface area (Å²) < 4.78 is 0. The molecule has 5 nitrogen and oxygen atoms in total. The average Bonchev–Trinajstić information content (AvgIpc) is 2.64. The highest BCUT2D eigenvalue weighted by Crippen LogP contribution is 2.11. The van der Waals surface area contributed by atoms with Gasteiger partial charge in [-0.25, -0.2) is 0 Å². The predicted molar refractivity (Wildman–Crippen MR) is 72.3 cm³/mol. The van der Waals surface area contributed by atoms with Crippen LogP contribution in [0.5, 0.6) is 0 Å². The van der Waals surface area contributed by atoms with E-state index in [-0.39, 0.29) is 5.91 Å². The van der Waals surface area contributed by atoms with Crippen molar-refractivity contribution in [2.45, 2.75) is 26.2 Å². The second-order valence-electron chi connectivity index (χ2n) is 3.92. The number of nitrogens with two attached hydrogens (primary N) is 1. The van der Waals surface area contributed by atoms with Crippen molar-refractivity contribution in [3.63, 3.8) is 0 Å². The molecule has 0 aliphatic rings. The predicted octanol–water partition coefficient (Wildman–Crippen LogP) is 1.56. The molecule has 0 saturated heterocycles. The van der Waals surface area contributed by atoms with Crippen LogP contribution in [0.15, 0.2) is 0 Å². The third kappa shape index (κ3) is 4.30. The van der Waals surface area contributed by atoms with Gasteiger partial charge in [0.1, 0.15) is 0 Å². The summed E-state index contributed by atoms with van der Waals surface area (Å²) in [6.07, 6.45) is 5.43. The molecule has 0 bridgehead atoms. The molecule has 1 heterocycles. The number of carbonyl (C=O) groups is 1. The van der Waals surface area contributed by atoms with Gasteiger partial charge in [-0.2, -0.15) is 16.9 Å². The molecule has 0 saturated carbocycles. The van der Waals surface area contributed by atoms with Crippen LogP contribution in [0.2, 0.25) is 0 Å². The standard InChI is InChI=1S/C11H20N4OS/c1-8-9(12)10(15-14-8)11(16)13-6-4-3-5-7-17-2/h3-7,12H2,1-2H3,(H,13,16)(H,14,15). The largest absolute Gasteiger partial charge is 0.395 e. The molecule has 1 aromatic rings. The first kappa shape index (κ1) is 13.9. The Labute approximate surface area is 106 Å². The Hall–Kier alpha value is -1.17. The summed E-state index contributed by atoms with van der Waals surface area (Å²) in [5, 5.41) is 9.40. The summed E-state index contributed by atoms with van der Waals surface area (Å²) in [6.45, 7) is 2.47. The molecule has 1 aromatic heterocycles. The van der Waals surface area contributed by atoms with Crippen LogP contribution in [0, 0.1) is 6.92 Å². The molecular formula is C11H20N4OS. The van der Waals surface area contributed by atoms with E-state index in [0.717, 1.165) is 18.5 Å². The van der Waals surface area contributed by atoms with Crippen LogP contribution in [0.25, 0.3) is 0 Å². The maximum atomic E-state index is 11.7. The summed E-state index contributed by atoms with van der Waals surface area (Å²) >= 11 is 1.85. The number of nitrogens with zero attached hydrogens (tertiary/aromatic N) is 1. The highest BCUT2D eigenvalue weighted by atomic mass is 32.2. The highest BCUT2D eigenvalue weighted by Gasteiger charge is 2.14. The molecule has 0 aliphatic heterocycles. The Kier molecular flexibility index (Phi) is 5.90. The maximum Gasteiger partial charge on any atom is 0.273 e. The van der Waals surface area contributed by atoms with Gasteiger partial charge >= 0.3 is 0 Å². The number of anilines is 1. The molecule has 4 N–H and O–H groups in total. The first-order chi connectivity index (χ1) is 8.16. The van der Waals surface area contributed by atoms with Gasteiger partial charge in [0.15, 0.2) is 5.69 Å². The summed E-state index contributed by atoms with van der Waals surface area (Å²) in [7, 11) is 0. The zero-order valence-corrected chi connectivity index (χ0v) is 11.2. The van der Waals surface area contributed by atoms with Crippen LogP contribution < -0.4 is 11.1 Å². The SMILES string of the molecule is CSCCCCCNC(=O)c1n[nH]c(C)c1N. The molecule has 17 heavy (non-hydrogen) atoms. The number of aromatic nitrogens is 2. The van der Waals surface area contributed by atoms with E-state index in [1.165, 1.54) is 12.2 Å². The summed E-state index contributed by atoms with van der Waals surface area (Å²) in [5.41, 5.74) is 7.18. The third-order valence-electron chi connectivity index (χ3n) is 2.52. The van der Waals surface area contributed by atoms with Crippen LogP contribution in [0.1, 0.15) is 35.4 Å². The number of hydrogen-bond donors (Lipinski definition) is 3. The quantitative estimate of drug-likeness (QED) is 0.646. The smallest absolute Gasteiger partial charge is 0.273 e. The minimum Gasteiger partial charge on any atom is -0.395 e. The number of nitrogen functional groups attached to an aromatic ring is 1. The summed E-state index contributed by atoms with van der Waals surface area (Å²) in [4.78, 5) is 11.7. The maximum absolute atomic E-state index is 11.7. The fraction of sp³-hybridized carbons (Fsp3) is 0.636. The van der Waals surface area contributed by atoms with Crippen molar-refractivity contribution in [2.75, 3.05) is 24.3 Å². The van der Waals surface area contributed by atoms with Gasteiger partial charge in [0.25, 0.3) is 5.91 Å².